The fraction of sp³-hybridized carbons (Fsp3) is 0.486. The lowest BCUT2D eigenvalue weighted by atomic mass is 9.71. The molecular weight excluding hydrogens is 582 g/mol. The van der Waals surface area contributed by atoms with E-state index < -0.39 is 0 Å². The van der Waals surface area contributed by atoms with Crippen LogP contribution in [0.4, 0.5) is 5.82 Å². The van der Waals surface area contributed by atoms with Gasteiger partial charge in [-0.05, 0) is 55.4 Å². The Morgan fingerprint density at radius 3 is 2.63 bits per heavy atom. The van der Waals surface area contributed by atoms with Crippen LogP contribution in [0, 0.1) is 22.7 Å². The van der Waals surface area contributed by atoms with Gasteiger partial charge in [-0.2, -0.15) is 10.4 Å². The predicted molar refractivity (Wildman–Crippen MR) is 171 cm³/mol. The number of fused-ring (bicyclic) bond motifs is 3. The highest BCUT2D eigenvalue weighted by molar-refractivity contribution is 5.85. The summed E-state index contributed by atoms with van der Waals surface area (Å²) in [5, 5.41) is 14.3. The SMILES string of the molecule is COc1ccc(CN2C3CC2CN(c2ccc(-c4cc(OCCC5CCOCC56CCOC6)cn5ncc(C#N)c45)cn2)C3)cn1. The van der Waals surface area contributed by atoms with Crippen LogP contribution in [-0.2, 0) is 16.0 Å². The third kappa shape index (κ3) is 5.34. The molecule has 11 heteroatoms. The van der Waals surface area contributed by atoms with Gasteiger partial charge in [0.25, 0.3) is 0 Å². The van der Waals surface area contributed by atoms with Crippen molar-refractivity contribution in [3.8, 4) is 28.8 Å². The first-order chi connectivity index (χ1) is 22.6. The molecule has 4 atom stereocenters. The Kier molecular flexibility index (Phi) is 7.72. The Labute approximate surface area is 268 Å². The Balaban J connectivity index is 0.960. The fourth-order valence-corrected chi connectivity index (χ4v) is 7.93. The zero-order valence-electron chi connectivity index (χ0n) is 26.2. The Morgan fingerprint density at radius 2 is 1.91 bits per heavy atom. The molecule has 0 saturated carbocycles. The molecule has 4 unspecified atom stereocenters. The maximum atomic E-state index is 9.84. The van der Waals surface area contributed by atoms with Crippen molar-refractivity contribution in [3.05, 3.63) is 66.2 Å². The van der Waals surface area contributed by atoms with Crippen molar-refractivity contribution < 1.29 is 18.9 Å². The monoisotopic (exact) mass is 621 g/mol. The van der Waals surface area contributed by atoms with E-state index in [0.29, 0.717) is 36.1 Å². The van der Waals surface area contributed by atoms with Crippen molar-refractivity contribution in [2.45, 2.75) is 44.3 Å². The normalized spacial score (nSPS) is 25.8. The molecule has 4 aromatic heterocycles. The highest BCUT2D eigenvalue weighted by atomic mass is 16.5. The molecule has 0 radical (unpaired) electrons. The third-order valence-corrected chi connectivity index (χ3v) is 10.5. The number of piperazine rings is 1. The van der Waals surface area contributed by atoms with Crippen LogP contribution in [0.25, 0.3) is 16.6 Å². The minimum atomic E-state index is 0.120. The molecule has 238 valence electrons. The number of rotatable bonds is 9. The number of nitrogens with zero attached hydrogens (tertiary/aromatic N) is 7. The number of ether oxygens (including phenoxy) is 4. The largest absolute Gasteiger partial charge is 0.492 e. The number of aromatic nitrogens is 4. The molecule has 5 saturated heterocycles. The maximum absolute atomic E-state index is 9.84. The molecular formula is C35H39N7O4. The van der Waals surface area contributed by atoms with Gasteiger partial charge in [-0.1, -0.05) is 6.07 Å². The van der Waals surface area contributed by atoms with E-state index in [-0.39, 0.29) is 5.41 Å². The molecule has 0 N–H and O–H groups in total. The van der Waals surface area contributed by atoms with Crippen LogP contribution in [0.2, 0.25) is 0 Å². The molecule has 0 aliphatic carbocycles. The number of nitriles is 1. The van der Waals surface area contributed by atoms with Gasteiger partial charge in [-0.15, -0.1) is 0 Å². The third-order valence-electron chi connectivity index (χ3n) is 10.5. The number of anilines is 1. The van der Waals surface area contributed by atoms with Crippen molar-refractivity contribution >= 4 is 11.3 Å². The minimum absolute atomic E-state index is 0.120. The second-order valence-corrected chi connectivity index (χ2v) is 13.1. The standard InChI is InChI=1S/C35H39N7O4/c1-43-33-5-2-24(15-38-33)18-41-28-12-29(41)20-40(19-28)32-4-3-25(16-37-32)31-13-30(21-42-34(31)26(14-36)17-39-42)46-10-7-27-6-9-44-22-35(27)8-11-45-23-35/h2-5,13,15-17,21,27-29H,6-12,18-20,22-23H2,1H3. The molecule has 0 aromatic carbocycles. The molecule has 46 heavy (non-hydrogen) atoms. The van der Waals surface area contributed by atoms with E-state index in [1.165, 1.54) is 12.0 Å². The first kappa shape index (κ1) is 29.2. The summed E-state index contributed by atoms with van der Waals surface area (Å²) in [6, 6.07) is 13.5. The summed E-state index contributed by atoms with van der Waals surface area (Å²) in [7, 11) is 1.64. The molecule has 1 spiro atoms. The zero-order valence-corrected chi connectivity index (χ0v) is 26.2. The predicted octanol–water partition coefficient (Wildman–Crippen LogP) is 4.35. The first-order valence-corrected chi connectivity index (χ1v) is 16.3. The number of hydrogen-bond acceptors (Lipinski definition) is 10. The average molecular weight is 622 g/mol. The van der Waals surface area contributed by atoms with Crippen LogP contribution in [-0.4, -0.2) is 89.8 Å². The molecule has 5 aliphatic rings. The number of methoxy groups -OCH3 is 1. The van der Waals surface area contributed by atoms with E-state index >= 15 is 0 Å². The summed E-state index contributed by atoms with van der Waals surface area (Å²) >= 11 is 0. The van der Waals surface area contributed by atoms with Crippen LogP contribution in [0.15, 0.2) is 55.1 Å². The first-order valence-electron chi connectivity index (χ1n) is 16.3. The van der Waals surface area contributed by atoms with Gasteiger partial charge < -0.3 is 23.8 Å². The van der Waals surface area contributed by atoms with Crippen LogP contribution >= 0.6 is 0 Å². The van der Waals surface area contributed by atoms with E-state index in [0.717, 1.165) is 93.5 Å². The summed E-state index contributed by atoms with van der Waals surface area (Å²) in [5.74, 6) is 2.86. The summed E-state index contributed by atoms with van der Waals surface area (Å²) in [6.07, 6.45) is 11.6. The van der Waals surface area contributed by atoms with Crippen LogP contribution in [0.3, 0.4) is 0 Å². The molecule has 0 amide bonds. The van der Waals surface area contributed by atoms with Gasteiger partial charge in [0.2, 0.25) is 5.88 Å². The van der Waals surface area contributed by atoms with Crippen molar-refractivity contribution in [1.82, 2.24) is 24.5 Å². The van der Waals surface area contributed by atoms with Crippen molar-refractivity contribution in [2.75, 3.05) is 58.1 Å². The second kappa shape index (κ2) is 12.2. The molecule has 9 heterocycles. The van der Waals surface area contributed by atoms with E-state index in [4.69, 9.17) is 23.9 Å². The summed E-state index contributed by atoms with van der Waals surface area (Å²) in [6.45, 7) is 6.56. The topological polar surface area (TPSA) is 110 Å². The minimum Gasteiger partial charge on any atom is -0.492 e. The number of hydrogen-bond donors (Lipinski definition) is 0. The summed E-state index contributed by atoms with van der Waals surface area (Å²) < 4.78 is 24.9. The lowest BCUT2D eigenvalue weighted by Crippen LogP contribution is -2.68. The van der Waals surface area contributed by atoms with E-state index in [1.807, 2.05) is 30.7 Å². The molecule has 4 aromatic rings. The quantitative estimate of drug-likeness (QED) is 0.268. The zero-order chi connectivity index (χ0) is 31.1. The van der Waals surface area contributed by atoms with Gasteiger partial charge in [0, 0.05) is 79.9 Å². The van der Waals surface area contributed by atoms with Gasteiger partial charge >= 0.3 is 0 Å². The van der Waals surface area contributed by atoms with Crippen molar-refractivity contribution in [1.29, 1.82) is 5.26 Å². The van der Waals surface area contributed by atoms with Crippen molar-refractivity contribution in [3.63, 3.8) is 0 Å². The van der Waals surface area contributed by atoms with Gasteiger partial charge in [0.1, 0.15) is 17.6 Å². The van der Waals surface area contributed by atoms with E-state index in [2.05, 4.69) is 44.2 Å². The Morgan fingerprint density at radius 1 is 1.04 bits per heavy atom. The maximum Gasteiger partial charge on any atom is 0.212 e. The summed E-state index contributed by atoms with van der Waals surface area (Å²) in [5.41, 5.74) is 4.43. The van der Waals surface area contributed by atoms with Crippen LogP contribution in [0.5, 0.6) is 11.6 Å². The Bertz CT molecular complexity index is 1720. The van der Waals surface area contributed by atoms with Crippen LogP contribution in [0.1, 0.15) is 36.8 Å². The van der Waals surface area contributed by atoms with Gasteiger partial charge in [-0.25, -0.2) is 14.5 Å². The lowest BCUT2D eigenvalue weighted by molar-refractivity contribution is -0.0605. The molecule has 9 rings (SSSR count). The van der Waals surface area contributed by atoms with E-state index in [9.17, 15) is 5.26 Å². The van der Waals surface area contributed by atoms with Gasteiger partial charge in [0.15, 0.2) is 0 Å². The van der Waals surface area contributed by atoms with Crippen LogP contribution < -0.4 is 14.4 Å². The Hall–Kier alpha value is -4.24. The average Bonchev–Trinajstić information content (AvgIpc) is 3.75. The number of pyridine rings is 3. The highest BCUT2D eigenvalue weighted by Gasteiger charge is 2.45. The van der Waals surface area contributed by atoms with E-state index in [1.54, 1.807) is 17.8 Å². The smallest absolute Gasteiger partial charge is 0.212 e. The van der Waals surface area contributed by atoms with Gasteiger partial charge in [0.05, 0.1) is 50.4 Å². The second-order valence-electron chi connectivity index (χ2n) is 13.1. The lowest BCUT2D eigenvalue weighted by Gasteiger charge is -2.56. The van der Waals surface area contributed by atoms with Crippen molar-refractivity contribution in [2.24, 2.45) is 11.3 Å². The molecule has 5 fully saturated rings. The fourth-order valence-electron chi connectivity index (χ4n) is 7.93. The number of piperidine rings is 1. The van der Waals surface area contributed by atoms with Gasteiger partial charge in [-0.3, -0.25) is 4.90 Å². The molecule has 2 bridgehead atoms. The molecule has 11 nitrogen and oxygen atoms in total. The highest BCUT2D eigenvalue weighted by Crippen LogP contribution is 2.43. The summed E-state index contributed by atoms with van der Waals surface area (Å²) in [4.78, 5) is 14.2. The molecule has 5 aliphatic heterocycles.